The number of nitrogens with zero attached hydrogens (tertiary/aromatic N) is 1. The largest absolute Gasteiger partial charge is 0.454 e. The van der Waals surface area contributed by atoms with E-state index in [0.29, 0.717) is 6.79 Å². The van der Waals surface area contributed by atoms with Gasteiger partial charge in [0.2, 0.25) is 12.0 Å². The molecule has 0 spiro atoms. The van der Waals surface area contributed by atoms with Crippen molar-refractivity contribution in [2.75, 3.05) is 19.9 Å². The van der Waals surface area contributed by atoms with E-state index < -0.39 is 0 Å². The second kappa shape index (κ2) is 5.19. The predicted molar refractivity (Wildman–Crippen MR) is 71.0 cm³/mol. The molecular formula is C14H17ClNO2+. The van der Waals surface area contributed by atoms with Crippen molar-refractivity contribution in [3.05, 3.63) is 23.8 Å². The molecule has 0 saturated carbocycles. The molecule has 3 nitrogen and oxygen atoms in total. The van der Waals surface area contributed by atoms with Gasteiger partial charge in [-0.1, -0.05) is 6.07 Å². The monoisotopic (exact) mass is 266 g/mol. The van der Waals surface area contributed by atoms with Crippen LogP contribution in [0.25, 0.3) is 0 Å². The van der Waals surface area contributed by atoms with E-state index in [1.54, 1.807) is 0 Å². The van der Waals surface area contributed by atoms with Crippen molar-refractivity contribution < 1.29 is 14.0 Å². The quantitative estimate of drug-likeness (QED) is 0.785. The fourth-order valence-corrected chi connectivity index (χ4v) is 2.73. The fraction of sp³-hybridized carbons (Fsp3) is 0.500. The Bertz CT molecular complexity index is 477. The van der Waals surface area contributed by atoms with Gasteiger partial charge in [0.25, 0.3) is 0 Å². The van der Waals surface area contributed by atoms with Gasteiger partial charge in [-0.2, -0.15) is 0 Å². The van der Waals surface area contributed by atoms with E-state index in [4.69, 9.17) is 21.1 Å². The average Bonchev–Trinajstić information content (AvgIpc) is 3.05. The molecule has 1 aromatic rings. The second-order valence-electron chi connectivity index (χ2n) is 4.76. The number of rotatable bonds is 3. The number of benzene rings is 1. The zero-order valence-corrected chi connectivity index (χ0v) is 11.1. The molecule has 0 aromatic heterocycles. The van der Waals surface area contributed by atoms with Crippen molar-refractivity contribution in [2.45, 2.75) is 25.7 Å². The minimum atomic E-state index is 0.333. The Kier molecular flexibility index (Phi) is 3.41. The molecule has 2 aliphatic rings. The van der Waals surface area contributed by atoms with Gasteiger partial charge in [-0.05, 0) is 35.7 Å². The van der Waals surface area contributed by atoms with Crippen molar-refractivity contribution >= 4 is 16.8 Å². The van der Waals surface area contributed by atoms with Crippen molar-refractivity contribution in [1.82, 2.24) is 0 Å². The highest BCUT2D eigenvalue weighted by atomic mass is 35.5. The first-order valence-electron chi connectivity index (χ1n) is 6.48. The van der Waals surface area contributed by atoms with E-state index in [9.17, 15) is 0 Å². The summed E-state index contributed by atoms with van der Waals surface area (Å²) in [5.41, 5.74) is 1.25. The van der Waals surface area contributed by atoms with Crippen LogP contribution < -0.4 is 9.47 Å². The van der Waals surface area contributed by atoms with Crippen molar-refractivity contribution in [3.63, 3.8) is 0 Å². The highest BCUT2D eigenvalue weighted by molar-refractivity contribution is 6.63. The molecule has 0 bridgehead atoms. The van der Waals surface area contributed by atoms with Gasteiger partial charge in [-0.15, -0.1) is 0 Å². The molecule has 18 heavy (non-hydrogen) atoms. The van der Waals surface area contributed by atoms with E-state index in [0.717, 1.165) is 42.6 Å². The molecule has 0 atom stereocenters. The molecule has 3 rings (SSSR count). The van der Waals surface area contributed by atoms with E-state index in [1.165, 1.54) is 18.4 Å². The topological polar surface area (TPSA) is 21.5 Å². The van der Waals surface area contributed by atoms with Gasteiger partial charge in [0.1, 0.15) is 13.1 Å². The summed E-state index contributed by atoms with van der Waals surface area (Å²) >= 11 is 6.34. The summed E-state index contributed by atoms with van der Waals surface area (Å²) in [6.45, 7) is 2.55. The van der Waals surface area contributed by atoms with Crippen LogP contribution in [0.4, 0.5) is 0 Å². The van der Waals surface area contributed by atoms with E-state index in [2.05, 4.69) is 16.7 Å². The van der Waals surface area contributed by atoms with Crippen LogP contribution in [0.1, 0.15) is 24.8 Å². The van der Waals surface area contributed by atoms with Gasteiger partial charge in [0, 0.05) is 19.3 Å². The zero-order chi connectivity index (χ0) is 12.4. The second-order valence-corrected chi connectivity index (χ2v) is 5.19. The summed E-state index contributed by atoms with van der Waals surface area (Å²) in [6.07, 6.45) is 4.38. The molecule has 2 heterocycles. The van der Waals surface area contributed by atoms with Crippen LogP contribution in [0, 0.1) is 0 Å². The van der Waals surface area contributed by atoms with Crippen LogP contribution in [-0.4, -0.2) is 29.6 Å². The van der Waals surface area contributed by atoms with Crippen LogP contribution in [0.3, 0.4) is 0 Å². The first-order valence-corrected chi connectivity index (χ1v) is 6.85. The molecule has 4 heteroatoms. The number of fused-ring (bicyclic) bond motifs is 1. The Morgan fingerprint density at radius 2 is 1.94 bits per heavy atom. The molecule has 0 radical (unpaired) electrons. The Morgan fingerprint density at radius 1 is 1.17 bits per heavy atom. The maximum atomic E-state index is 6.34. The summed E-state index contributed by atoms with van der Waals surface area (Å²) in [7, 11) is 0. The summed E-state index contributed by atoms with van der Waals surface area (Å²) in [6, 6.07) is 6.11. The Morgan fingerprint density at radius 3 is 2.78 bits per heavy atom. The standard InChI is InChI=1S/C14H17ClNO2/c15-14(16-7-1-2-8-16)6-4-11-3-5-12-13(9-11)18-10-17-12/h3,5,9H,1-2,4,6-8,10H2/q+1. The maximum Gasteiger partial charge on any atom is 0.245 e. The highest BCUT2D eigenvalue weighted by Gasteiger charge is 2.18. The minimum absolute atomic E-state index is 0.333. The fourth-order valence-electron chi connectivity index (χ4n) is 2.46. The number of halogens is 1. The summed E-state index contributed by atoms with van der Waals surface area (Å²) < 4.78 is 13.0. The van der Waals surface area contributed by atoms with Crippen LogP contribution in [0.5, 0.6) is 11.5 Å². The molecule has 1 fully saturated rings. The Hall–Kier alpha value is -1.22. The van der Waals surface area contributed by atoms with Gasteiger partial charge in [-0.3, -0.25) is 0 Å². The van der Waals surface area contributed by atoms with Gasteiger partial charge < -0.3 is 9.47 Å². The number of hydrogen-bond donors (Lipinski definition) is 0. The van der Waals surface area contributed by atoms with Crippen LogP contribution in [0.2, 0.25) is 0 Å². The minimum Gasteiger partial charge on any atom is -0.454 e. The Balaban J connectivity index is 1.65. The van der Waals surface area contributed by atoms with Crippen molar-refractivity contribution in [1.29, 1.82) is 0 Å². The third-order valence-electron chi connectivity index (χ3n) is 3.51. The molecule has 0 aliphatic carbocycles. The van der Waals surface area contributed by atoms with Crippen molar-refractivity contribution in [2.24, 2.45) is 0 Å². The maximum absolute atomic E-state index is 6.34. The van der Waals surface area contributed by atoms with Crippen LogP contribution >= 0.6 is 11.6 Å². The Labute approximate surface area is 112 Å². The third kappa shape index (κ3) is 2.46. The first-order chi connectivity index (χ1) is 8.83. The lowest BCUT2D eigenvalue weighted by Crippen LogP contribution is -2.14. The lowest BCUT2D eigenvalue weighted by Gasteiger charge is -2.02. The summed E-state index contributed by atoms with van der Waals surface area (Å²) in [5.74, 6) is 1.69. The van der Waals surface area contributed by atoms with Crippen molar-refractivity contribution in [3.8, 4) is 11.5 Å². The lowest BCUT2D eigenvalue weighted by molar-refractivity contribution is -0.504. The molecular weight excluding hydrogens is 250 g/mol. The molecule has 0 amide bonds. The molecule has 0 unspecified atom stereocenters. The van der Waals surface area contributed by atoms with Gasteiger partial charge in [0.15, 0.2) is 11.5 Å². The molecule has 96 valence electrons. The predicted octanol–water partition coefficient (Wildman–Crippen LogP) is 2.79. The highest BCUT2D eigenvalue weighted by Crippen LogP contribution is 2.32. The number of aryl methyl sites for hydroxylation is 1. The molecule has 2 aliphatic heterocycles. The van der Waals surface area contributed by atoms with E-state index in [1.807, 2.05) is 6.07 Å². The summed E-state index contributed by atoms with van der Waals surface area (Å²) in [5, 5.41) is 0.991. The van der Waals surface area contributed by atoms with Crippen LogP contribution in [-0.2, 0) is 6.42 Å². The van der Waals surface area contributed by atoms with Crippen LogP contribution in [0.15, 0.2) is 18.2 Å². The lowest BCUT2D eigenvalue weighted by atomic mass is 10.1. The SMILES string of the molecule is ClC(CCc1ccc2c(c1)OCO2)=[N+]1CCCC1. The first kappa shape index (κ1) is 11.8. The van der Waals surface area contributed by atoms with E-state index >= 15 is 0 Å². The smallest absolute Gasteiger partial charge is 0.245 e. The number of ether oxygens (including phenoxy) is 2. The molecule has 1 aromatic carbocycles. The summed E-state index contributed by atoms with van der Waals surface area (Å²) in [4.78, 5) is 0. The zero-order valence-electron chi connectivity index (χ0n) is 10.3. The van der Waals surface area contributed by atoms with Gasteiger partial charge in [0.05, 0.1) is 0 Å². The van der Waals surface area contributed by atoms with Gasteiger partial charge >= 0.3 is 0 Å². The molecule has 1 saturated heterocycles. The molecule has 0 N–H and O–H groups in total. The van der Waals surface area contributed by atoms with E-state index in [-0.39, 0.29) is 0 Å². The average molecular weight is 267 g/mol. The number of hydrogen-bond acceptors (Lipinski definition) is 2. The van der Waals surface area contributed by atoms with Gasteiger partial charge in [-0.25, -0.2) is 4.58 Å². The normalized spacial score (nSPS) is 17.3. The third-order valence-corrected chi connectivity index (χ3v) is 3.93.